The third kappa shape index (κ3) is 6.13. The summed E-state index contributed by atoms with van der Waals surface area (Å²) in [6, 6.07) is 11.1. The first-order valence-corrected chi connectivity index (χ1v) is 16.1. The van der Waals surface area contributed by atoms with E-state index < -0.39 is 23.2 Å². The third-order valence-electron chi connectivity index (χ3n) is 8.72. The van der Waals surface area contributed by atoms with E-state index in [0.29, 0.717) is 35.8 Å². The Morgan fingerprint density at radius 2 is 1.91 bits per heavy atom. The zero-order valence-electron chi connectivity index (χ0n) is 25.4. The fourth-order valence-electron chi connectivity index (χ4n) is 5.86. The molecule has 46 heavy (non-hydrogen) atoms. The van der Waals surface area contributed by atoms with Gasteiger partial charge in [0.15, 0.2) is 0 Å². The van der Waals surface area contributed by atoms with Crippen molar-refractivity contribution in [3.8, 4) is 22.9 Å². The number of aromatic nitrogens is 3. The summed E-state index contributed by atoms with van der Waals surface area (Å²) in [7, 11) is 0. The Hall–Kier alpha value is -4.22. The molecular weight excluding hydrogens is 613 g/mol. The van der Waals surface area contributed by atoms with Gasteiger partial charge in [0.2, 0.25) is 11.8 Å². The van der Waals surface area contributed by atoms with Crippen molar-refractivity contribution in [3.63, 3.8) is 0 Å². The number of ether oxygens (including phenoxy) is 2. The maximum Gasteiger partial charge on any atom is 0.251 e. The molecule has 4 aromatic rings. The van der Waals surface area contributed by atoms with Gasteiger partial charge in [0.25, 0.3) is 5.91 Å². The van der Waals surface area contributed by atoms with Gasteiger partial charge in [-0.2, -0.15) is 5.10 Å². The highest BCUT2D eigenvalue weighted by atomic mass is 35.5. The van der Waals surface area contributed by atoms with Crippen LogP contribution in [-0.2, 0) is 16.8 Å². The number of hydrogen-bond donors (Lipinski definition) is 3. The van der Waals surface area contributed by atoms with Crippen LogP contribution in [0.15, 0.2) is 42.5 Å². The molecule has 0 saturated heterocycles. The third-order valence-corrected chi connectivity index (χ3v) is 8.95. The van der Waals surface area contributed by atoms with Gasteiger partial charge in [-0.05, 0) is 87.8 Å². The maximum atomic E-state index is 15.2. The molecule has 3 aliphatic carbocycles. The predicted molar refractivity (Wildman–Crippen MR) is 168 cm³/mol. The zero-order valence-corrected chi connectivity index (χ0v) is 26.1. The van der Waals surface area contributed by atoms with Gasteiger partial charge in [-0.25, -0.2) is 13.9 Å². The van der Waals surface area contributed by atoms with E-state index in [1.54, 1.807) is 29.6 Å². The minimum absolute atomic E-state index is 0.0496. The summed E-state index contributed by atoms with van der Waals surface area (Å²) in [5.41, 5.74) is 6.73. The molecule has 0 bridgehead atoms. The van der Waals surface area contributed by atoms with Crippen molar-refractivity contribution in [2.45, 2.75) is 69.5 Å². The SMILES string of the molecule is CCOc1c(CC(N)=O)cc([C@@](O)(CNC(=O)c2cc(OC3CC3)n3nc(C4CC4)cc3c2)C2CC2)nc1-c1cc(Cl)ccc1F. The second-order valence-corrected chi connectivity index (χ2v) is 12.9. The van der Waals surface area contributed by atoms with Crippen LogP contribution in [0.1, 0.15) is 78.7 Å². The molecule has 12 heteroatoms. The molecule has 0 radical (unpaired) electrons. The van der Waals surface area contributed by atoms with Crippen molar-refractivity contribution in [3.05, 3.63) is 75.8 Å². The lowest BCUT2D eigenvalue weighted by Gasteiger charge is -2.30. The Morgan fingerprint density at radius 3 is 2.59 bits per heavy atom. The van der Waals surface area contributed by atoms with Crippen LogP contribution in [0.2, 0.25) is 5.02 Å². The van der Waals surface area contributed by atoms with Crippen molar-refractivity contribution in [1.82, 2.24) is 19.9 Å². The molecule has 2 amide bonds. The number of halogens is 2. The van der Waals surface area contributed by atoms with Crippen LogP contribution in [-0.4, -0.2) is 50.8 Å². The molecule has 1 atom stereocenters. The van der Waals surface area contributed by atoms with Gasteiger partial charge >= 0.3 is 0 Å². The first kappa shape index (κ1) is 30.4. The average molecular weight is 648 g/mol. The monoisotopic (exact) mass is 647 g/mol. The van der Waals surface area contributed by atoms with Crippen LogP contribution in [0.4, 0.5) is 4.39 Å². The van der Waals surface area contributed by atoms with Crippen LogP contribution in [0.5, 0.6) is 11.6 Å². The van der Waals surface area contributed by atoms with Crippen molar-refractivity contribution in [1.29, 1.82) is 0 Å². The minimum atomic E-state index is -1.64. The summed E-state index contributed by atoms with van der Waals surface area (Å²) in [5, 5.41) is 20.1. The number of nitrogens with two attached hydrogens (primary N) is 1. The number of benzene rings is 1. The van der Waals surface area contributed by atoms with Crippen LogP contribution in [0, 0.1) is 11.7 Å². The van der Waals surface area contributed by atoms with E-state index in [0.717, 1.165) is 36.9 Å². The standard InChI is InChI=1S/C34H35ClFN5O5/c1-2-45-32-19(13-29(37)42)12-28(39-31(32)25-15-22(35)7-10-26(25)36)34(44,21-5-6-21)17-38-33(43)20-11-23-16-27(18-3-4-18)40-41(23)30(14-20)46-24-8-9-24/h7,10-12,14-16,18,21,24,44H,2-6,8-9,13,17H2,1H3,(H2,37,42)(H,38,43)/t34-/m1/s1. The number of fused-ring (bicyclic) bond motifs is 1. The van der Waals surface area contributed by atoms with E-state index in [1.807, 2.05) is 6.07 Å². The topological polar surface area (TPSA) is 141 Å². The molecule has 240 valence electrons. The Kier molecular flexibility index (Phi) is 7.84. The highest BCUT2D eigenvalue weighted by Gasteiger charge is 2.47. The van der Waals surface area contributed by atoms with Crippen molar-refractivity contribution < 1.29 is 28.6 Å². The number of nitrogens with zero attached hydrogens (tertiary/aromatic N) is 3. The number of amides is 2. The van der Waals surface area contributed by atoms with Crippen LogP contribution in [0.25, 0.3) is 16.8 Å². The summed E-state index contributed by atoms with van der Waals surface area (Å²) in [4.78, 5) is 30.5. The Balaban J connectivity index is 1.24. The lowest BCUT2D eigenvalue weighted by molar-refractivity contribution is -0.117. The van der Waals surface area contributed by atoms with Gasteiger partial charge in [-0.3, -0.25) is 9.59 Å². The van der Waals surface area contributed by atoms with Crippen LogP contribution in [0.3, 0.4) is 0 Å². The molecule has 3 aromatic heterocycles. The molecule has 4 N–H and O–H groups in total. The van der Waals surface area contributed by atoms with Crippen LogP contribution >= 0.6 is 11.6 Å². The molecule has 3 heterocycles. The smallest absolute Gasteiger partial charge is 0.251 e. The molecule has 3 aliphatic rings. The molecule has 1 aromatic carbocycles. The quantitative estimate of drug-likeness (QED) is 0.184. The molecular formula is C34H35ClFN5O5. The van der Waals surface area contributed by atoms with Gasteiger partial charge < -0.3 is 25.6 Å². The molecule has 3 fully saturated rings. The average Bonchev–Trinajstić information content (AvgIpc) is 3.87. The van der Waals surface area contributed by atoms with E-state index in [1.165, 1.54) is 18.2 Å². The number of primary amides is 1. The number of carbonyl (C=O) groups excluding carboxylic acids is 2. The number of aliphatic hydroxyl groups is 1. The fourth-order valence-corrected chi connectivity index (χ4v) is 6.03. The van der Waals surface area contributed by atoms with Gasteiger partial charge in [-0.15, -0.1) is 0 Å². The van der Waals surface area contributed by atoms with Crippen molar-refractivity contribution in [2.24, 2.45) is 11.7 Å². The number of hydrogen-bond acceptors (Lipinski definition) is 7. The summed E-state index contributed by atoms with van der Waals surface area (Å²) in [6.07, 6.45) is 5.37. The number of rotatable bonds is 13. The van der Waals surface area contributed by atoms with E-state index in [4.69, 9.17) is 36.9 Å². The van der Waals surface area contributed by atoms with E-state index in [9.17, 15) is 14.7 Å². The molecule has 0 aliphatic heterocycles. The highest BCUT2D eigenvalue weighted by molar-refractivity contribution is 6.30. The lowest BCUT2D eigenvalue weighted by atomic mass is 9.90. The van der Waals surface area contributed by atoms with Crippen molar-refractivity contribution >= 4 is 28.9 Å². The second kappa shape index (κ2) is 11.9. The number of carbonyl (C=O) groups is 2. The zero-order chi connectivity index (χ0) is 32.2. The second-order valence-electron chi connectivity index (χ2n) is 12.5. The van der Waals surface area contributed by atoms with Gasteiger partial charge in [-0.1, -0.05) is 11.6 Å². The molecule has 0 spiro atoms. The highest BCUT2D eigenvalue weighted by Crippen LogP contribution is 2.47. The molecule has 3 saturated carbocycles. The van der Waals surface area contributed by atoms with Gasteiger partial charge in [0.1, 0.15) is 29.0 Å². The summed E-state index contributed by atoms with van der Waals surface area (Å²) >= 11 is 6.23. The normalized spacial score (nSPS) is 17.5. The molecule has 7 rings (SSSR count). The summed E-state index contributed by atoms with van der Waals surface area (Å²) < 4.78 is 29.0. The van der Waals surface area contributed by atoms with Crippen molar-refractivity contribution in [2.75, 3.05) is 13.2 Å². The summed E-state index contributed by atoms with van der Waals surface area (Å²) in [6.45, 7) is 1.79. The van der Waals surface area contributed by atoms with Gasteiger partial charge in [0.05, 0.1) is 36.5 Å². The Labute approximate surface area is 270 Å². The van der Waals surface area contributed by atoms with E-state index in [2.05, 4.69) is 5.32 Å². The predicted octanol–water partition coefficient (Wildman–Crippen LogP) is 5.06. The number of nitrogens with one attached hydrogen (secondary N) is 1. The summed E-state index contributed by atoms with van der Waals surface area (Å²) in [5.74, 6) is -0.755. The first-order valence-electron chi connectivity index (χ1n) is 15.7. The largest absolute Gasteiger partial charge is 0.491 e. The van der Waals surface area contributed by atoms with Gasteiger partial charge in [0, 0.05) is 33.7 Å². The maximum absolute atomic E-state index is 15.2. The van der Waals surface area contributed by atoms with E-state index in [-0.39, 0.29) is 59.3 Å². The first-order chi connectivity index (χ1) is 22.1. The minimum Gasteiger partial charge on any atom is -0.491 e. The Bertz CT molecular complexity index is 1850. The van der Waals surface area contributed by atoms with E-state index >= 15 is 4.39 Å². The molecule has 0 unspecified atom stereocenters. The molecule has 10 nitrogen and oxygen atoms in total. The van der Waals surface area contributed by atoms with Crippen LogP contribution < -0.4 is 20.5 Å². The Morgan fingerprint density at radius 1 is 1.13 bits per heavy atom. The number of pyridine rings is 2. The fraction of sp³-hybridized carbons (Fsp3) is 0.412. The lowest BCUT2D eigenvalue weighted by Crippen LogP contribution is -2.43.